The highest BCUT2D eigenvalue weighted by atomic mass is 16.5. The van der Waals surface area contributed by atoms with E-state index in [1.165, 1.54) is 0 Å². The van der Waals surface area contributed by atoms with Gasteiger partial charge in [0, 0.05) is 18.3 Å². The topological polar surface area (TPSA) is 148 Å². The lowest BCUT2D eigenvalue weighted by atomic mass is 9.91. The zero-order chi connectivity index (χ0) is 30.1. The van der Waals surface area contributed by atoms with Gasteiger partial charge in [0.05, 0.1) is 42.5 Å². The van der Waals surface area contributed by atoms with E-state index in [0.29, 0.717) is 25.7 Å². The Morgan fingerprint density at radius 2 is 1.20 bits per heavy atom. The smallest absolute Gasteiger partial charge is 0.311 e. The van der Waals surface area contributed by atoms with Crippen molar-refractivity contribution in [3.05, 3.63) is 60.8 Å². The van der Waals surface area contributed by atoms with Gasteiger partial charge in [0.25, 0.3) is 0 Å². The van der Waals surface area contributed by atoms with Crippen molar-refractivity contribution in [2.45, 2.75) is 115 Å². The van der Waals surface area contributed by atoms with Gasteiger partial charge in [-0.2, -0.15) is 0 Å². The number of rotatable bonds is 1. The zero-order valence-corrected chi connectivity index (χ0v) is 24.5. The molecule has 0 fully saturated rings. The number of aliphatic hydroxyl groups is 6. The minimum Gasteiger partial charge on any atom is -0.462 e. The molecule has 0 saturated carbocycles. The van der Waals surface area contributed by atoms with Gasteiger partial charge in [-0.25, -0.2) is 0 Å². The van der Waals surface area contributed by atoms with Crippen LogP contribution < -0.4 is 0 Å². The van der Waals surface area contributed by atoms with Crippen molar-refractivity contribution < 1.29 is 40.2 Å². The van der Waals surface area contributed by atoms with Gasteiger partial charge in [0.1, 0.15) is 6.10 Å². The fraction of sp³-hybridized carbons (Fsp3) is 0.656. The molecule has 10 atom stereocenters. The molecule has 1 aliphatic heterocycles. The summed E-state index contributed by atoms with van der Waals surface area (Å²) in [5, 5.41) is 62.5. The highest BCUT2D eigenvalue weighted by molar-refractivity contribution is 5.73. The first kappa shape index (κ1) is 36.0. The van der Waals surface area contributed by atoms with E-state index in [2.05, 4.69) is 0 Å². The molecule has 0 spiro atoms. The largest absolute Gasteiger partial charge is 0.462 e. The Morgan fingerprint density at radius 1 is 0.700 bits per heavy atom. The van der Waals surface area contributed by atoms with Crippen molar-refractivity contribution >= 4 is 5.97 Å². The molecule has 8 nitrogen and oxygen atoms in total. The van der Waals surface area contributed by atoms with Crippen molar-refractivity contribution in [3.8, 4) is 0 Å². The number of cyclic esters (lactones) is 1. The monoisotopic (exact) mass is 564 g/mol. The molecule has 10 unspecified atom stereocenters. The average Bonchev–Trinajstić information content (AvgIpc) is 2.88. The molecule has 228 valence electrons. The minimum atomic E-state index is -1.05. The second kappa shape index (κ2) is 19.9. The molecule has 1 rings (SSSR count). The quantitative estimate of drug-likeness (QED) is 0.265. The van der Waals surface area contributed by atoms with Crippen molar-refractivity contribution in [2.24, 2.45) is 17.8 Å². The second-order valence-electron chi connectivity index (χ2n) is 11.0. The zero-order valence-electron chi connectivity index (χ0n) is 24.5. The lowest BCUT2D eigenvalue weighted by Gasteiger charge is -2.26. The molecule has 1 heterocycles. The van der Waals surface area contributed by atoms with Gasteiger partial charge >= 0.3 is 5.97 Å². The summed E-state index contributed by atoms with van der Waals surface area (Å²) in [5.74, 6) is -1.80. The lowest BCUT2D eigenvalue weighted by molar-refractivity contribution is -0.159. The first-order chi connectivity index (χ1) is 19.0. The fourth-order valence-corrected chi connectivity index (χ4v) is 4.51. The van der Waals surface area contributed by atoms with Crippen LogP contribution in [0.5, 0.6) is 0 Å². The van der Waals surface area contributed by atoms with Crippen molar-refractivity contribution in [1.82, 2.24) is 0 Å². The Hall–Kier alpha value is -2.07. The van der Waals surface area contributed by atoms with Crippen LogP contribution in [0.4, 0.5) is 0 Å². The second-order valence-corrected chi connectivity index (χ2v) is 11.0. The van der Waals surface area contributed by atoms with Crippen LogP contribution >= 0.6 is 0 Å². The summed E-state index contributed by atoms with van der Waals surface area (Å²) in [5.41, 5.74) is 0. The molecule has 0 saturated heterocycles. The Kier molecular flexibility index (Phi) is 17.9. The molecule has 40 heavy (non-hydrogen) atoms. The van der Waals surface area contributed by atoms with E-state index in [1.807, 2.05) is 50.3 Å². The van der Waals surface area contributed by atoms with E-state index >= 15 is 0 Å². The third-order valence-corrected chi connectivity index (χ3v) is 7.54. The number of carbonyl (C=O) groups is 1. The summed E-state index contributed by atoms with van der Waals surface area (Å²) in [6.07, 6.45) is 13.7. The van der Waals surface area contributed by atoms with Crippen LogP contribution in [0, 0.1) is 17.8 Å². The Bertz CT molecular complexity index is 848. The van der Waals surface area contributed by atoms with E-state index < -0.39 is 60.5 Å². The van der Waals surface area contributed by atoms with E-state index in [-0.39, 0.29) is 25.2 Å². The summed E-state index contributed by atoms with van der Waals surface area (Å²) >= 11 is 0. The first-order valence-electron chi connectivity index (χ1n) is 14.6. The molecule has 0 bridgehead atoms. The first-order valence-corrected chi connectivity index (χ1v) is 14.6. The molecule has 6 N–H and O–H groups in total. The number of carbonyl (C=O) groups excluding carboxylic acids is 1. The molecule has 1 aliphatic rings. The maximum Gasteiger partial charge on any atom is 0.311 e. The SMILES string of the molecule is CCC1C(=O)OC(C)C(C)/C=C/C=C/C=C/C=C/C=C\C(O)C(C)C(O)CC(O)CC(O)CCCC(O)CC1O. The van der Waals surface area contributed by atoms with Crippen LogP contribution in [0.2, 0.25) is 0 Å². The molecule has 0 aromatic heterocycles. The summed E-state index contributed by atoms with van der Waals surface area (Å²) in [4.78, 5) is 12.7. The molecule has 8 heteroatoms. The molecule has 0 amide bonds. The van der Waals surface area contributed by atoms with Gasteiger partial charge in [-0.05, 0) is 45.4 Å². The number of allylic oxidation sites excluding steroid dienone is 8. The summed E-state index contributed by atoms with van der Waals surface area (Å²) in [6.45, 7) is 7.24. The molecule has 0 aliphatic carbocycles. The lowest BCUT2D eigenvalue weighted by Crippen LogP contribution is -2.35. The summed E-state index contributed by atoms with van der Waals surface area (Å²) < 4.78 is 5.62. The third kappa shape index (κ3) is 14.5. The van der Waals surface area contributed by atoms with Crippen molar-refractivity contribution in [2.75, 3.05) is 0 Å². The van der Waals surface area contributed by atoms with E-state index in [9.17, 15) is 35.4 Å². The van der Waals surface area contributed by atoms with E-state index in [4.69, 9.17) is 4.74 Å². The molecular weight excluding hydrogens is 512 g/mol. The number of aliphatic hydroxyl groups excluding tert-OH is 6. The van der Waals surface area contributed by atoms with E-state index in [1.54, 1.807) is 38.2 Å². The van der Waals surface area contributed by atoms with Crippen LogP contribution in [0.25, 0.3) is 0 Å². The highest BCUT2D eigenvalue weighted by Crippen LogP contribution is 2.22. The molecule has 0 aromatic carbocycles. The van der Waals surface area contributed by atoms with Gasteiger partial charge < -0.3 is 35.4 Å². The summed E-state index contributed by atoms with van der Waals surface area (Å²) in [7, 11) is 0. The van der Waals surface area contributed by atoms with Crippen LogP contribution in [-0.4, -0.2) is 79.3 Å². The van der Waals surface area contributed by atoms with Gasteiger partial charge in [0.15, 0.2) is 0 Å². The predicted molar refractivity (Wildman–Crippen MR) is 157 cm³/mol. The van der Waals surface area contributed by atoms with Gasteiger partial charge in [-0.1, -0.05) is 81.5 Å². The van der Waals surface area contributed by atoms with Crippen molar-refractivity contribution in [3.63, 3.8) is 0 Å². The minimum absolute atomic E-state index is 0.0171. The van der Waals surface area contributed by atoms with Gasteiger partial charge in [-0.3, -0.25) is 4.79 Å². The number of esters is 1. The van der Waals surface area contributed by atoms with E-state index in [0.717, 1.165) is 0 Å². The van der Waals surface area contributed by atoms with Crippen LogP contribution in [0.1, 0.15) is 72.6 Å². The standard InChI is InChI=1S/C32H52O8/c1-5-28-31(38)20-26(34)17-14-16-25(33)19-27(35)21-30(37)23(3)29(36)18-13-11-9-7-6-8-10-12-15-22(2)24(4)40-32(28)39/h6-13,15,18,22-31,33-38H,5,14,16-17,19-21H2,1-4H3/b7-6+,10-8+,11-9+,15-12+,18-13-. The maximum absolute atomic E-state index is 12.7. The van der Waals surface area contributed by atoms with Crippen LogP contribution in [0.3, 0.4) is 0 Å². The number of ether oxygens (including phenoxy) is 1. The van der Waals surface area contributed by atoms with Gasteiger partial charge in [-0.15, -0.1) is 0 Å². The normalized spacial score (nSPS) is 41.0. The third-order valence-electron chi connectivity index (χ3n) is 7.54. The Balaban J connectivity index is 2.94. The van der Waals surface area contributed by atoms with Crippen molar-refractivity contribution in [1.29, 1.82) is 0 Å². The Morgan fingerprint density at radius 3 is 1.77 bits per heavy atom. The van der Waals surface area contributed by atoms with Crippen LogP contribution in [-0.2, 0) is 9.53 Å². The summed E-state index contributed by atoms with van der Waals surface area (Å²) in [6, 6.07) is 0. The molecule has 0 radical (unpaired) electrons. The fourth-order valence-electron chi connectivity index (χ4n) is 4.51. The molecule has 0 aromatic rings. The van der Waals surface area contributed by atoms with Crippen LogP contribution in [0.15, 0.2) is 60.8 Å². The highest BCUT2D eigenvalue weighted by Gasteiger charge is 2.30. The molecular formula is C32H52O8. The maximum atomic E-state index is 12.7. The number of hydrogen-bond acceptors (Lipinski definition) is 8. The Labute approximate surface area is 240 Å². The number of hydrogen-bond donors (Lipinski definition) is 6. The average molecular weight is 565 g/mol. The predicted octanol–water partition coefficient (Wildman–Crippen LogP) is 3.52. The van der Waals surface area contributed by atoms with Gasteiger partial charge in [0.2, 0.25) is 0 Å².